The topological polar surface area (TPSA) is 122 Å². The molecule has 9 heteroatoms. The number of anilines is 1. The van der Waals surface area contributed by atoms with Crippen molar-refractivity contribution in [1.82, 2.24) is 20.3 Å². The van der Waals surface area contributed by atoms with Gasteiger partial charge in [0.1, 0.15) is 17.5 Å². The maximum Gasteiger partial charge on any atom is 0.306 e. The van der Waals surface area contributed by atoms with Gasteiger partial charge in [-0.3, -0.25) is 9.59 Å². The number of nitrogens with one attached hydrogen (secondary N) is 3. The molecule has 3 aromatic rings. The van der Waals surface area contributed by atoms with Crippen molar-refractivity contribution >= 4 is 28.6 Å². The van der Waals surface area contributed by atoms with Crippen molar-refractivity contribution in [3.8, 4) is 11.5 Å². The Kier molecular flexibility index (Phi) is 5.43. The van der Waals surface area contributed by atoms with Crippen molar-refractivity contribution in [1.29, 1.82) is 0 Å². The van der Waals surface area contributed by atoms with Crippen molar-refractivity contribution in [3.63, 3.8) is 0 Å². The molecule has 1 fully saturated rings. The van der Waals surface area contributed by atoms with Crippen LogP contribution in [0.15, 0.2) is 29.1 Å². The highest BCUT2D eigenvalue weighted by Crippen LogP contribution is 2.38. The second-order valence-corrected chi connectivity index (χ2v) is 8.87. The summed E-state index contributed by atoms with van der Waals surface area (Å²) in [5.41, 5.74) is 2.01. The molecular formula is C22H27N5O4. The monoisotopic (exact) mass is 425 g/mol. The number of carbonyl (C=O) groups is 2. The van der Waals surface area contributed by atoms with E-state index in [4.69, 9.17) is 9.15 Å². The number of oxazole rings is 1. The first-order valence-electron chi connectivity index (χ1n) is 10.4. The summed E-state index contributed by atoms with van der Waals surface area (Å²) in [6, 6.07) is 2.15. The second kappa shape index (κ2) is 8.05. The Morgan fingerprint density at radius 3 is 2.81 bits per heavy atom. The van der Waals surface area contributed by atoms with Gasteiger partial charge in [0.2, 0.25) is 5.89 Å². The van der Waals surface area contributed by atoms with Gasteiger partial charge >= 0.3 is 5.97 Å². The number of H-pyrrole nitrogens is 1. The number of rotatable bonds is 6. The third kappa shape index (κ3) is 4.55. The number of ether oxygens (including phenoxy) is 1. The summed E-state index contributed by atoms with van der Waals surface area (Å²) in [5.74, 6) is 0.140. The minimum atomic E-state index is -0.464. The van der Waals surface area contributed by atoms with E-state index in [0.717, 1.165) is 29.6 Å². The van der Waals surface area contributed by atoms with Crippen LogP contribution < -0.4 is 10.6 Å². The number of hydrogen-bond donors (Lipinski definition) is 3. The summed E-state index contributed by atoms with van der Waals surface area (Å²) < 4.78 is 11.0. The van der Waals surface area contributed by atoms with Gasteiger partial charge in [-0.25, -0.2) is 9.97 Å². The third-order valence-corrected chi connectivity index (χ3v) is 5.24. The van der Waals surface area contributed by atoms with Crippen LogP contribution in [-0.2, 0) is 9.53 Å². The molecule has 1 aliphatic carbocycles. The molecule has 4 rings (SSSR count). The van der Waals surface area contributed by atoms with Crippen LogP contribution in [0.3, 0.4) is 0 Å². The Hall–Kier alpha value is -3.36. The Labute approximate surface area is 180 Å². The van der Waals surface area contributed by atoms with Crippen molar-refractivity contribution in [2.45, 2.75) is 51.7 Å². The predicted molar refractivity (Wildman–Crippen MR) is 116 cm³/mol. The summed E-state index contributed by atoms with van der Waals surface area (Å²) in [5, 5.41) is 7.01. The average Bonchev–Trinajstić information content (AvgIpc) is 3.33. The number of fused-ring (bicyclic) bond motifs is 1. The lowest BCUT2D eigenvalue weighted by molar-refractivity contribution is -0.156. The Morgan fingerprint density at radius 2 is 2.10 bits per heavy atom. The molecule has 1 aliphatic rings. The maximum absolute atomic E-state index is 12.1. The zero-order valence-electron chi connectivity index (χ0n) is 18.1. The zero-order valence-corrected chi connectivity index (χ0v) is 18.1. The number of aromatic amines is 1. The van der Waals surface area contributed by atoms with Crippen LogP contribution in [0.25, 0.3) is 22.5 Å². The van der Waals surface area contributed by atoms with Gasteiger partial charge < -0.3 is 24.8 Å². The maximum atomic E-state index is 12.1. The molecule has 0 aromatic carbocycles. The first-order valence-corrected chi connectivity index (χ1v) is 10.4. The second-order valence-electron chi connectivity index (χ2n) is 8.87. The molecule has 0 atom stereocenters. The number of hydrogen-bond acceptors (Lipinski definition) is 7. The molecule has 0 radical (unpaired) electrons. The van der Waals surface area contributed by atoms with Gasteiger partial charge in [0.05, 0.1) is 11.3 Å². The molecule has 0 spiro atoms. The largest absolute Gasteiger partial charge is 0.460 e. The Morgan fingerprint density at radius 1 is 1.32 bits per heavy atom. The first-order chi connectivity index (χ1) is 14.7. The fraction of sp³-hybridized carbons (Fsp3) is 0.455. The van der Waals surface area contributed by atoms with E-state index >= 15 is 0 Å². The lowest BCUT2D eigenvalue weighted by atomic mass is 9.78. The smallest absolute Gasteiger partial charge is 0.306 e. The first kappa shape index (κ1) is 20.9. The molecule has 3 aromatic heterocycles. The van der Waals surface area contributed by atoms with Gasteiger partial charge in [-0.1, -0.05) is 0 Å². The fourth-order valence-electron chi connectivity index (χ4n) is 3.80. The number of pyridine rings is 1. The summed E-state index contributed by atoms with van der Waals surface area (Å²) >= 11 is 0. The highest BCUT2D eigenvalue weighted by molar-refractivity contribution is 5.98. The van der Waals surface area contributed by atoms with E-state index in [0.29, 0.717) is 23.8 Å². The van der Waals surface area contributed by atoms with E-state index < -0.39 is 5.60 Å². The zero-order chi connectivity index (χ0) is 22.2. The number of aromatic nitrogens is 3. The van der Waals surface area contributed by atoms with Crippen molar-refractivity contribution in [2.75, 3.05) is 12.4 Å². The van der Waals surface area contributed by atoms with E-state index in [1.165, 1.54) is 6.26 Å². The molecule has 164 valence electrons. The number of esters is 1. The SMILES string of the molecule is CNC(=O)c1coc(-c2cnc3[nH]ccc3c2NC2CC(CC(=O)OC(C)(C)C)C2)n1. The average molecular weight is 425 g/mol. The Bertz CT molecular complexity index is 1100. The quantitative estimate of drug-likeness (QED) is 0.517. The van der Waals surface area contributed by atoms with Crippen LogP contribution in [0.4, 0.5) is 5.69 Å². The third-order valence-electron chi connectivity index (χ3n) is 5.24. The van der Waals surface area contributed by atoms with Crippen molar-refractivity contribution < 1.29 is 18.7 Å². The molecule has 1 amide bonds. The lowest BCUT2D eigenvalue weighted by Crippen LogP contribution is -2.37. The van der Waals surface area contributed by atoms with Crippen LogP contribution in [0, 0.1) is 5.92 Å². The van der Waals surface area contributed by atoms with Gasteiger partial charge in [0, 0.05) is 37.3 Å². The molecule has 31 heavy (non-hydrogen) atoms. The molecule has 9 nitrogen and oxygen atoms in total. The normalized spacial score (nSPS) is 18.5. The van der Waals surface area contributed by atoms with Crippen LogP contribution in [0.5, 0.6) is 0 Å². The predicted octanol–water partition coefficient (Wildman–Crippen LogP) is 3.50. The van der Waals surface area contributed by atoms with Gasteiger partial charge in [-0.2, -0.15) is 0 Å². The molecule has 0 unspecified atom stereocenters. The minimum absolute atomic E-state index is 0.157. The highest BCUT2D eigenvalue weighted by Gasteiger charge is 2.33. The van der Waals surface area contributed by atoms with Crippen LogP contribution in [0.2, 0.25) is 0 Å². The van der Waals surface area contributed by atoms with Gasteiger partial charge in [0.25, 0.3) is 5.91 Å². The molecule has 1 saturated carbocycles. The van der Waals surface area contributed by atoms with Crippen LogP contribution in [-0.4, -0.2) is 45.5 Å². The molecule has 0 bridgehead atoms. The van der Waals surface area contributed by atoms with Crippen molar-refractivity contribution in [2.24, 2.45) is 5.92 Å². The summed E-state index contributed by atoms with van der Waals surface area (Å²) in [7, 11) is 1.54. The van der Waals surface area contributed by atoms with Crippen LogP contribution in [0.1, 0.15) is 50.5 Å². The molecule has 3 N–H and O–H groups in total. The van der Waals surface area contributed by atoms with E-state index in [1.54, 1.807) is 13.2 Å². The van der Waals surface area contributed by atoms with E-state index in [1.807, 2.05) is 33.0 Å². The molecule has 0 saturated heterocycles. The molecular weight excluding hydrogens is 398 g/mol. The van der Waals surface area contributed by atoms with E-state index in [2.05, 4.69) is 25.6 Å². The molecule has 3 heterocycles. The number of carbonyl (C=O) groups excluding carboxylic acids is 2. The van der Waals surface area contributed by atoms with Crippen molar-refractivity contribution in [3.05, 3.63) is 30.4 Å². The highest BCUT2D eigenvalue weighted by atomic mass is 16.6. The summed E-state index contributed by atoms with van der Waals surface area (Å²) in [6.07, 6.45) is 6.98. The number of amides is 1. The summed E-state index contributed by atoms with van der Waals surface area (Å²) in [4.78, 5) is 35.8. The van der Waals surface area contributed by atoms with E-state index in [-0.39, 0.29) is 23.6 Å². The number of nitrogens with zero attached hydrogens (tertiary/aromatic N) is 2. The summed E-state index contributed by atoms with van der Waals surface area (Å²) in [6.45, 7) is 5.63. The van der Waals surface area contributed by atoms with E-state index in [9.17, 15) is 9.59 Å². The Balaban J connectivity index is 1.50. The minimum Gasteiger partial charge on any atom is -0.460 e. The standard InChI is InChI=1S/C22H27N5O4/c1-22(2,3)31-17(28)9-12-7-13(8-12)26-18-14-5-6-24-19(14)25-10-15(18)21-27-16(11-30-21)20(29)23-4/h5-6,10-13H,7-9H2,1-4H3,(H,23,29)(H2,24,25,26). The lowest BCUT2D eigenvalue weighted by Gasteiger charge is -2.37. The molecule has 0 aliphatic heterocycles. The van der Waals surface area contributed by atoms with Crippen LogP contribution >= 0.6 is 0 Å². The van der Waals surface area contributed by atoms with Gasteiger partial charge in [-0.15, -0.1) is 0 Å². The van der Waals surface area contributed by atoms with Gasteiger partial charge in [0.15, 0.2) is 5.69 Å². The fourth-order valence-corrected chi connectivity index (χ4v) is 3.80. The van der Waals surface area contributed by atoms with Gasteiger partial charge in [-0.05, 0) is 45.6 Å².